The molecule has 18 heavy (non-hydrogen) atoms. The highest BCUT2D eigenvalue weighted by molar-refractivity contribution is 7.92. The number of benzene rings is 1. The van der Waals surface area contributed by atoms with Gasteiger partial charge in [0, 0.05) is 12.2 Å². The lowest BCUT2D eigenvalue weighted by atomic mass is 10.2. The SMILES string of the molecule is COc1ccc(NCCS(=O)(=O)C(C)C)c(C)c1. The first kappa shape index (κ1) is 14.8. The van der Waals surface area contributed by atoms with E-state index in [1.165, 1.54) is 0 Å². The summed E-state index contributed by atoms with van der Waals surface area (Å²) in [4.78, 5) is 0. The number of nitrogens with one attached hydrogen (secondary N) is 1. The van der Waals surface area contributed by atoms with Crippen LogP contribution in [0.15, 0.2) is 18.2 Å². The maximum atomic E-state index is 11.6. The Morgan fingerprint density at radius 3 is 2.50 bits per heavy atom. The Morgan fingerprint density at radius 1 is 1.33 bits per heavy atom. The van der Waals surface area contributed by atoms with Crippen LogP contribution in [0.3, 0.4) is 0 Å². The molecule has 0 bridgehead atoms. The van der Waals surface area contributed by atoms with Crippen molar-refractivity contribution in [1.82, 2.24) is 0 Å². The Labute approximate surface area is 109 Å². The minimum atomic E-state index is -2.98. The van der Waals surface area contributed by atoms with E-state index >= 15 is 0 Å². The van der Waals surface area contributed by atoms with E-state index in [1.807, 2.05) is 25.1 Å². The molecule has 4 nitrogen and oxygen atoms in total. The monoisotopic (exact) mass is 271 g/mol. The van der Waals surface area contributed by atoms with Crippen LogP contribution in [-0.4, -0.2) is 33.1 Å². The summed E-state index contributed by atoms with van der Waals surface area (Å²) in [5.74, 6) is 0.948. The minimum Gasteiger partial charge on any atom is -0.497 e. The van der Waals surface area contributed by atoms with E-state index in [-0.39, 0.29) is 11.0 Å². The molecule has 0 saturated heterocycles. The number of methoxy groups -OCH3 is 1. The van der Waals surface area contributed by atoms with Crippen LogP contribution in [0.25, 0.3) is 0 Å². The van der Waals surface area contributed by atoms with Gasteiger partial charge < -0.3 is 10.1 Å². The van der Waals surface area contributed by atoms with Crippen molar-refractivity contribution >= 4 is 15.5 Å². The van der Waals surface area contributed by atoms with Crippen molar-refractivity contribution in [3.63, 3.8) is 0 Å². The van der Waals surface area contributed by atoms with Crippen molar-refractivity contribution < 1.29 is 13.2 Å². The van der Waals surface area contributed by atoms with E-state index in [0.717, 1.165) is 17.0 Å². The fourth-order valence-corrected chi connectivity index (χ4v) is 2.38. The molecule has 0 amide bonds. The molecule has 0 spiro atoms. The molecular formula is C13H21NO3S. The van der Waals surface area contributed by atoms with Crippen LogP contribution in [0.4, 0.5) is 5.69 Å². The van der Waals surface area contributed by atoms with Crippen molar-refractivity contribution in [2.75, 3.05) is 24.7 Å². The summed E-state index contributed by atoms with van der Waals surface area (Å²) in [6, 6.07) is 5.67. The predicted molar refractivity (Wildman–Crippen MR) is 75.1 cm³/mol. The molecular weight excluding hydrogens is 250 g/mol. The first-order chi connectivity index (χ1) is 8.36. The molecule has 0 aliphatic heterocycles. The summed E-state index contributed by atoms with van der Waals surface area (Å²) in [6.45, 7) is 5.79. The Morgan fingerprint density at radius 2 is 2.00 bits per heavy atom. The van der Waals surface area contributed by atoms with Crippen LogP contribution in [0.1, 0.15) is 19.4 Å². The third-order valence-corrected chi connectivity index (χ3v) is 5.06. The van der Waals surface area contributed by atoms with Gasteiger partial charge in [0.1, 0.15) is 5.75 Å². The van der Waals surface area contributed by atoms with Crippen molar-refractivity contribution in [2.45, 2.75) is 26.0 Å². The first-order valence-electron chi connectivity index (χ1n) is 5.97. The number of hydrogen-bond donors (Lipinski definition) is 1. The zero-order chi connectivity index (χ0) is 13.8. The molecule has 1 aromatic rings. The Bertz CT molecular complexity index is 495. The van der Waals surface area contributed by atoms with Gasteiger partial charge >= 0.3 is 0 Å². The summed E-state index contributed by atoms with van der Waals surface area (Å²) >= 11 is 0. The van der Waals surface area contributed by atoms with Gasteiger partial charge in [-0.15, -0.1) is 0 Å². The van der Waals surface area contributed by atoms with E-state index in [4.69, 9.17) is 4.74 Å². The van der Waals surface area contributed by atoms with Crippen LogP contribution in [0.5, 0.6) is 5.75 Å². The quantitative estimate of drug-likeness (QED) is 0.862. The second kappa shape index (κ2) is 6.09. The van der Waals surface area contributed by atoms with Gasteiger partial charge in [0.05, 0.1) is 18.1 Å². The van der Waals surface area contributed by atoms with Gasteiger partial charge in [-0.25, -0.2) is 8.42 Å². The topological polar surface area (TPSA) is 55.4 Å². The number of ether oxygens (including phenoxy) is 1. The van der Waals surface area contributed by atoms with Crippen molar-refractivity contribution in [3.8, 4) is 5.75 Å². The second-order valence-corrected chi connectivity index (χ2v) is 7.20. The second-order valence-electron chi connectivity index (χ2n) is 4.52. The number of rotatable bonds is 6. The van der Waals surface area contributed by atoms with Gasteiger partial charge in [0.15, 0.2) is 9.84 Å². The average molecular weight is 271 g/mol. The third-order valence-electron chi connectivity index (χ3n) is 2.85. The van der Waals surface area contributed by atoms with E-state index in [9.17, 15) is 8.42 Å². The maximum Gasteiger partial charge on any atom is 0.154 e. The molecule has 0 saturated carbocycles. The molecule has 0 radical (unpaired) electrons. The lowest BCUT2D eigenvalue weighted by molar-refractivity contribution is 0.414. The minimum absolute atomic E-state index is 0.149. The van der Waals surface area contributed by atoms with Crippen LogP contribution < -0.4 is 10.1 Å². The highest BCUT2D eigenvalue weighted by Gasteiger charge is 2.15. The van der Waals surface area contributed by atoms with Crippen molar-refractivity contribution in [3.05, 3.63) is 23.8 Å². The highest BCUT2D eigenvalue weighted by atomic mass is 32.2. The Kier molecular flexibility index (Phi) is 5.02. The lowest BCUT2D eigenvalue weighted by Gasteiger charge is -2.12. The number of hydrogen-bond acceptors (Lipinski definition) is 4. The van der Waals surface area contributed by atoms with Gasteiger partial charge in [-0.2, -0.15) is 0 Å². The molecule has 0 fully saturated rings. The predicted octanol–water partition coefficient (Wildman–Crippen LogP) is 2.24. The van der Waals surface area contributed by atoms with E-state index in [1.54, 1.807) is 21.0 Å². The Hall–Kier alpha value is -1.23. The van der Waals surface area contributed by atoms with E-state index in [2.05, 4.69) is 5.32 Å². The molecule has 1 N–H and O–H groups in total. The summed E-state index contributed by atoms with van der Waals surface area (Å²) in [5, 5.41) is 2.82. The molecule has 5 heteroatoms. The van der Waals surface area contributed by atoms with Gasteiger partial charge in [0.25, 0.3) is 0 Å². The van der Waals surface area contributed by atoms with E-state index < -0.39 is 9.84 Å². The molecule has 1 rings (SSSR count). The largest absolute Gasteiger partial charge is 0.497 e. The summed E-state index contributed by atoms with van der Waals surface area (Å²) < 4.78 is 28.4. The zero-order valence-corrected chi connectivity index (χ0v) is 12.2. The van der Waals surface area contributed by atoms with Gasteiger partial charge in [-0.05, 0) is 44.5 Å². The van der Waals surface area contributed by atoms with Gasteiger partial charge in [-0.3, -0.25) is 0 Å². The molecule has 0 aliphatic carbocycles. The maximum absolute atomic E-state index is 11.6. The van der Waals surface area contributed by atoms with Crippen molar-refractivity contribution in [2.24, 2.45) is 0 Å². The first-order valence-corrected chi connectivity index (χ1v) is 7.68. The molecule has 102 valence electrons. The van der Waals surface area contributed by atoms with Crippen LogP contribution in [0, 0.1) is 6.92 Å². The molecule has 0 heterocycles. The third kappa shape index (κ3) is 3.91. The molecule has 0 aromatic heterocycles. The van der Waals surface area contributed by atoms with Crippen LogP contribution >= 0.6 is 0 Å². The summed E-state index contributed by atoms with van der Waals surface area (Å²) in [7, 11) is -1.36. The lowest BCUT2D eigenvalue weighted by Crippen LogP contribution is -2.23. The summed E-state index contributed by atoms with van der Waals surface area (Å²) in [5.41, 5.74) is 1.98. The normalized spacial score (nSPS) is 11.6. The molecule has 0 atom stereocenters. The van der Waals surface area contributed by atoms with Crippen LogP contribution in [0.2, 0.25) is 0 Å². The zero-order valence-electron chi connectivity index (χ0n) is 11.4. The van der Waals surface area contributed by atoms with E-state index in [0.29, 0.717) is 6.54 Å². The Balaban J connectivity index is 2.60. The van der Waals surface area contributed by atoms with Gasteiger partial charge in [0.2, 0.25) is 0 Å². The summed E-state index contributed by atoms with van der Waals surface area (Å²) in [6.07, 6.45) is 0. The molecule has 1 aromatic carbocycles. The molecule has 0 unspecified atom stereocenters. The number of sulfone groups is 1. The smallest absolute Gasteiger partial charge is 0.154 e. The fraction of sp³-hybridized carbons (Fsp3) is 0.538. The van der Waals surface area contributed by atoms with Gasteiger partial charge in [-0.1, -0.05) is 0 Å². The number of aryl methyl sites for hydroxylation is 1. The highest BCUT2D eigenvalue weighted by Crippen LogP contribution is 2.20. The average Bonchev–Trinajstić information content (AvgIpc) is 2.30. The van der Waals surface area contributed by atoms with Crippen molar-refractivity contribution in [1.29, 1.82) is 0 Å². The van der Waals surface area contributed by atoms with Crippen LogP contribution in [-0.2, 0) is 9.84 Å². The number of anilines is 1. The molecule has 0 aliphatic rings. The fourth-order valence-electron chi connectivity index (χ4n) is 1.53. The standard InChI is InChI=1S/C13H21NO3S/c1-10(2)18(15,16)8-7-14-13-6-5-12(17-4)9-11(13)3/h5-6,9-10,14H,7-8H2,1-4H3.